The Bertz CT molecular complexity index is 1110. The topological polar surface area (TPSA) is 73.8 Å². The first-order valence-corrected chi connectivity index (χ1v) is 11.4. The number of aromatic nitrogens is 1. The summed E-state index contributed by atoms with van der Waals surface area (Å²) in [6.07, 6.45) is -3.02. The lowest BCUT2D eigenvalue weighted by Crippen LogP contribution is -2.55. The number of alkyl halides is 3. The first-order valence-electron chi connectivity index (χ1n) is 9.94. The van der Waals surface area contributed by atoms with Crippen molar-refractivity contribution in [1.29, 1.82) is 0 Å². The molecule has 1 aliphatic heterocycles. The second kappa shape index (κ2) is 9.86. The van der Waals surface area contributed by atoms with E-state index in [-0.39, 0.29) is 42.8 Å². The summed E-state index contributed by atoms with van der Waals surface area (Å²) in [4.78, 5) is 20.6. The molecule has 1 amide bonds. The molecular formula is C21H26ClF3N4O3S. The number of hydrogen-bond donors (Lipinski definition) is 0. The summed E-state index contributed by atoms with van der Waals surface area (Å²) in [6.45, 7) is 3.80. The van der Waals surface area contributed by atoms with Crippen LogP contribution in [0.15, 0.2) is 41.4 Å². The van der Waals surface area contributed by atoms with Gasteiger partial charge in [-0.3, -0.25) is 4.79 Å². The summed E-state index contributed by atoms with van der Waals surface area (Å²) in [5.74, 6) is 0.485. The summed E-state index contributed by atoms with van der Waals surface area (Å²) in [7, 11) is -0.286. The van der Waals surface area contributed by atoms with Crippen molar-refractivity contribution in [3.8, 4) is 0 Å². The maximum absolute atomic E-state index is 13.1. The third-order valence-electron chi connectivity index (χ3n) is 5.46. The minimum atomic E-state index is -4.54. The summed E-state index contributed by atoms with van der Waals surface area (Å²) in [5.41, 5.74) is 0.298. The molecule has 33 heavy (non-hydrogen) atoms. The van der Waals surface area contributed by atoms with Crippen molar-refractivity contribution < 1.29 is 26.4 Å². The standard InChI is InChI=1S/C21H25F3N4O3S.ClH/c1-14-11-19(26(3)4)25-12-18(14)20(29)28-10-9-27(13-15(28)2)32(30,31)17-7-5-16(6-8-17)21(22,23)24;/h5-8,11-12,15H,9-10,13H2,1-4H3;1H/t15-;/m0./s1. The number of amides is 1. The third-order valence-corrected chi connectivity index (χ3v) is 7.33. The van der Waals surface area contributed by atoms with E-state index in [9.17, 15) is 26.4 Å². The minimum Gasteiger partial charge on any atom is -0.363 e. The number of anilines is 1. The van der Waals surface area contributed by atoms with Crippen LogP contribution in [0.5, 0.6) is 0 Å². The van der Waals surface area contributed by atoms with E-state index in [1.54, 1.807) is 11.8 Å². The molecule has 0 N–H and O–H groups in total. The number of aryl methyl sites for hydroxylation is 1. The van der Waals surface area contributed by atoms with Gasteiger partial charge in [-0.1, -0.05) is 0 Å². The van der Waals surface area contributed by atoms with E-state index in [0.717, 1.165) is 35.6 Å². The lowest BCUT2D eigenvalue weighted by atomic mass is 10.1. The lowest BCUT2D eigenvalue weighted by molar-refractivity contribution is -0.137. The van der Waals surface area contributed by atoms with Crippen LogP contribution in [0.25, 0.3) is 0 Å². The molecule has 1 fully saturated rings. The van der Waals surface area contributed by atoms with Gasteiger partial charge in [0.2, 0.25) is 10.0 Å². The second-order valence-electron chi connectivity index (χ2n) is 7.98. The lowest BCUT2D eigenvalue weighted by Gasteiger charge is -2.39. The molecule has 0 saturated carbocycles. The molecule has 1 aromatic heterocycles. The zero-order valence-electron chi connectivity index (χ0n) is 18.6. The monoisotopic (exact) mass is 506 g/mol. The van der Waals surface area contributed by atoms with Crippen molar-refractivity contribution in [3.63, 3.8) is 0 Å². The molecular weight excluding hydrogens is 481 g/mol. The predicted octanol–water partition coefficient (Wildman–Crippen LogP) is 3.43. The number of benzene rings is 1. The molecule has 1 atom stereocenters. The Morgan fingerprint density at radius 3 is 2.24 bits per heavy atom. The Labute approximate surface area is 197 Å². The summed E-state index contributed by atoms with van der Waals surface area (Å²) < 4.78 is 65.3. The molecule has 3 rings (SSSR count). The molecule has 182 valence electrons. The highest BCUT2D eigenvalue weighted by Crippen LogP contribution is 2.30. The van der Waals surface area contributed by atoms with Gasteiger partial charge in [0.15, 0.2) is 0 Å². The van der Waals surface area contributed by atoms with E-state index in [0.29, 0.717) is 5.56 Å². The van der Waals surface area contributed by atoms with Gasteiger partial charge in [-0.25, -0.2) is 13.4 Å². The number of rotatable bonds is 4. The zero-order valence-corrected chi connectivity index (χ0v) is 20.3. The van der Waals surface area contributed by atoms with Gasteiger partial charge < -0.3 is 9.80 Å². The van der Waals surface area contributed by atoms with E-state index in [1.165, 1.54) is 10.5 Å². The normalized spacial score (nSPS) is 17.4. The van der Waals surface area contributed by atoms with Gasteiger partial charge in [0.1, 0.15) is 5.82 Å². The maximum atomic E-state index is 13.1. The second-order valence-corrected chi connectivity index (χ2v) is 9.92. The maximum Gasteiger partial charge on any atom is 0.416 e. The predicted molar refractivity (Wildman–Crippen MR) is 121 cm³/mol. The minimum absolute atomic E-state index is 0. The van der Waals surface area contributed by atoms with Crippen molar-refractivity contribution in [2.75, 3.05) is 38.6 Å². The molecule has 1 aromatic carbocycles. The van der Waals surface area contributed by atoms with Gasteiger partial charge >= 0.3 is 6.18 Å². The summed E-state index contributed by atoms with van der Waals surface area (Å²) in [5, 5.41) is 0. The molecule has 0 spiro atoms. The molecule has 1 saturated heterocycles. The average molecular weight is 507 g/mol. The molecule has 0 unspecified atom stereocenters. The zero-order chi connectivity index (χ0) is 23.8. The molecule has 12 heteroatoms. The fourth-order valence-corrected chi connectivity index (χ4v) is 5.09. The summed E-state index contributed by atoms with van der Waals surface area (Å²) >= 11 is 0. The van der Waals surface area contributed by atoms with Gasteiger partial charge in [-0.15, -0.1) is 12.4 Å². The van der Waals surface area contributed by atoms with Crippen LogP contribution in [-0.2, 0) is 16.2 Å². The fraction of sp³-hybridized carbons (Fsp3) is 0.429. The Hall–Kier alpha value is -2.37. The van der Waals surface area contributed by atoms with E-state index < -0.39 is 27.8 Å². The van der Waals surface area contributed by atoms with Crippen LogP contribution in [0.2, 0.25) is 0 Å². The first-order chi connectivity index (χ1) is 14.8. The quantitative estimate of drug-likeness (QED) is 0.635. The smallest absolute Gasteiger partial charge is 0.363 e. The van der Waals surface area contributed by atoms with E-state index in [2.05, 4.69) is 4.98 Å². The van der Waals surface area contributed by atoms with Gasteiger partial charge in [0.05, 0.1) is 16.0 Å². The van der Waals surface area contributed by atoms with Crippen molar-refractivity contribution in [1.82, 2.24) is 14.2 Å². The van der Waals surface area contributed by atoms with Gasteiger partial charge in [-0.2, -0.15) is 17.5 Å². The molecule has 0 radical (unpaired) electrons. The number of halogens is 4. The largest absolute Gasteiger partial charge is 0.416 e. The average Bonchev–Trinajstić information content (AvgIpc) is 2.72. The molecule has 2 heterocycles. The van der Waals surface area contributed by atoms with Gasteiger partial charge in [0.25, 0.3) is 5.91 Å². The first kappa shape index (κ1) is 26.9. The number of hydrogen-bond acceptors (Lipinski definition) is 5. The third kappa shape index (κ3) is 5.59. The van der Waals surface area contributed by atoms with Crippen LogP contribution >= 0.6 is 12.4 Å². The number of pyridine rings is 1. The summed E-state index contributed by atoms with van der Waals surface area (Å²) in [6, 6.07) is 4.81. The van der Waals surface area contributed by atoms with Gasteiger partial charge in [-0.05, 0) is 49.7 Å². The Balaban J connectivity index is 0.00000385. The van der Waals surface area contributed by atoms with Gasteiger partial charge in [0, 0.05) is 46.0 Å². The van der Waals surface area contributed by atoms with Crippen LogP contribution in [-0.4, -0.2) is 68.3 Å². The molecule has 0 aliphatic carbocycles. The Kier molecular flexibility index (Phi) is 8.03. The highest BCUT2D eigenvalue weighted by molar-refractivity contribution is 7.89. The van der Waals surface area contributed by atoms with Crippen molar-refractivity contribution in [3.05, 3.63) is 53.2 Å². The van der Waals surface area contributed by atoms with Crippen LogP contribution in [0, 0.1) is 6.92 Å². The van der Waals surface area contributed by atoms with Crippen LogP contribution in [0.3, 0.4) is 0 Å². The number of piperazine rings is 1. The van der Waals surface area contributed by atoms with Crippen LogP contribution in [0.1, 0.15) is 28.4 Å². The van der Waals surface area contributed by atoms with E-state index >= 15 is 0 Å². The van der Waals surface area contributed by atoms with Crippen molar-refractivity contribution in [2.24, 2.45) is 0 Å². The highest BCUT2D eigenvalue weighted by atomic mass is 35.5. The number of sulfonamides is 1. The fourth-order valence-electron chi connectivity index (χ4n) is 3.57. The van der Waals surface area contributed by atoms with E-state index in [4.69, 9.17) is 0 Å². The molecule has 1 aliphatic rings. The van der Waals surface area contributed by atoms with Crippen LogP contribution in [0.4, 0.5) is 19.0 Å². The molecule has 0 bridgehead atoms. The number of carbonyl (C=O) groups excluding carboxylic acids is 1. The van der Waals surface area contributed by atoms with Crippen LogP contribution < -0.4 is 4.90 Å². The number of nitrogens with zero attached hydrogens (tertiary/aromatic N) is 4. The molecule has 7 nitrogen and oxygen atoms in total. The Morgan fingerprint density at radius 1 is 1.15 bits per heavy atom. The highest BCUT2D eigenvalue weighted by Gasteiger charge is 2.36. The Morgan fingerprint density at radius 2 is 1.76 bits per heavy atom. The number of carbonyl (C=O) groups is 1. The van der Waals surface area contributed by atoms with Crippen molar-refractivity contribution >= 4 is 34.2 Å². The molecule has 2 aromatic rings. The SMILES string of the molecule is Cc1cc(N(C)C)ncc1C(=O)N1CCN(S(=O)(=O)c2ccc(C(F)(F)F)cc2)C[C@@H]1C.Cl. The van der Waals surface area contributed by atoms with E-state index in [1.807, 2.05) is 32.0 Å². The van der Waals surface area contributed by atoms with Crippen molar-refractivity contribution in [2.45, 2.75) is 31.0 Å².